The van der Waals surface area contributed by atoms with Gasteiger partial charge in [0, 0.05) is 23.8 Å². The van der Waals surface area contributed by atoms with Gasteiger partial charge in [-0.15, -0.1) is 0 Å². The third kappa shape index (κ3) is 5.21. The van der Waals surface area contributed by atoms with E-state index in [-0.39, 0.29) is 6.61 Å². The Hall–Kier alpha value is -2.10. The van der Waals surface area contributed by atoms with Crippen molar-refractivity contribution in [3.63, 3.8) is 0 Å². The molecular weight excluding hydrogens is 332 g/mol. The van der Waals surface area contributed by atoms with Crippen LogP contribution in [0.15, 0.2) is 54.7 Å². The van der Waals surface area contributed by atoms with Gasteiger partial charge in [0.1, 0.15) is 0 Å². The lowest BCUT2D eigenvalue weighted by atomic mass is 10.1. The highest BCUT2D eigenvalue weighted by Gasteiger charge is 2.05. The van der Waals surface area contributed by atoms with Crippen molar-refractivity contribution in [1.29, 1.82) is 0 Å². The zero-order chi connectivity index (χ0) is 19.1. The number of benzene rings is 2. The summed E-state index contributed by atoms with van der Waals surface area (Å²) in [5, 5.41) is 10.2. The number of aliphatic hydroxyl groups excluding tert-OH is 1. The first-order valence-electron chi connectivity index (χ1n) is 10.2. The Morgan fingerprint density at radius 2 is 1.67 bits per heavy atom. The van der Waals surface area contributed by atoms with Crippen molar-refractivity contribution in [2.24, 2.45) is 0 Å². The lowest BCUT2D eigenvalue weighted by Crippen LogP contribution is -2.23. The lowest BCUT2D eigenvalue weighted by molar-refractivity contribution is 0.219. The molecule has 0 saturated heterocycles. The normalized spacial score (nSPS) is 11.6. The molecule has 144 valence electrons. The van der Waals surface area contributed by atoms with Gasteiger partial charge in [0.15, 0.2) is 0 Å². The Balaban J connectivity index is 1.58. The molecule has 0 fully saturated rings. The van der Waals surface area contributed by atoms with Crippen LogP contribution in [0.3, 0.4) is 0 Å². The van der Waals surface area contributed by atoms with Gasteiger partial charge in [0.25, 0.3) is 0 Å². The molecule has 2 aromatic carbocycles. The Morgan fingerprint density at radius 1 is 0.889 bits per heavy atom. The fourth-order valence-electron chi connectivity index (χ4n) is 3.64. The van der Waals surface area contributed by atoms with Crippen LogP contribution in [0.1, 0.15) is 37.3 Å². The molecule has 0 aliphatic carbocycles. The summed E-state index contributed by atoms with van der Waals surface area (Å²) in [4.78, 5) is 2.20. The quantitative estimate of drug-likeness (QED) is 0.522. The van der Waals surface area contributed by atoms with Crippen molar-refractivity contribution in [1.82, 2.24) is 9.47 Å². The van der Waals surface area contributed by atoms with E-state index in [0.29, 0.717) is 0 Å². The summed E-state index contributed by atoms with van der Waals surface area (Å²) in [7, 11) is 2.07. The second-order valence-electron chi connectivity index (χ2n) is 7.44. The highest BCUT2D eigenvalue weighted by Crippen LogP contribution is 2.23. The van der Waals surface area contributed by atoms with Gasteiger partial charge < -0.3 is 14.6 Å². The van der Waals surface area contributed by atoms with Gasteiger partial charge in [-0.05, 0) is 80.7 Å². The maximum Gasteiger partial charge on any atom is 0.0558 e. The van der Waals surface area contributed by atoms with Gasteiger partial charge in [-0.2, -0.15) is 0 Å². The van der Waals surface area contributed by atoms with E-state index in [1.54, 1.807) is 0 Å². The molecule has 3 nitrogen and oxygen atoms in total. The van der Waals surface area contributed by atoms with Crippen molar-refractivity contribution in [3.05, 3.63) is 65.9 Å². The standard InChI is InChI=1S/C24H32N2O/c1-3-20-8-11-23(12-9-20)26-16-14-22-19-21(10-13-24(22)26)7-5-4-6-15-25(2)17-18-27/h8-14,16,19,27H,3-7,15,17-18H2,1-2H3. The molecule has 1 N–H and O–H groups in total. The number of aliphatic hydroxyl groups is 1. The maximum atomic E-state index is 8.93. The van der Waals surface area contributed by atoms with Crippen molar-refractivity contribution >= 4 is 10.9 Å². The van der Waals surface area contributed by atoms with E-state index in [4.69, 9.17) is 5.11 Å². The van der Waals surface area contributed by atoms with Gasteiger partial charge in [0.2, 0.25) is 0 Å². The number of fused-ring (bicyclic) bond motifs is 1. The molecule has 3 heteroatoms. The van der Waals surface area contributed by atoms with Crippen molar-refractivity contribution < 1.29 is 5.11 Å². The van der Waals surface area contributed by atoms with Crippen LogP contribution in [0.5, 0.6) is 0 Å². The minimum absolute atomic E-state index is 0.249. The fourth-order valence-corrected chi connectivity index (χ4v) is 3.64. The monoisotopic (exact) mass is 364 g/mol. The van der Waals surface area contributed by atoms with Crippen LogP contribution < -0.4 is 0 Å². The summed E-state index contributed by atoms with van der Waals surface area (Å²) >= 11 is 0. The smallest absolute Gasteiger partial charge is 0.0558 e. The van der Waals surface area contributed by atoms with Crippen LogP contribution in [-0.2, 0) is 12.8 Å². The first kappa shape index (κ1) is 19.7. The summed E-state index contributed by atoms with van der Waals surface area (Å²) in [6.07, 6.45) is 8.04. The Bertz CT molecular complexity index is 835. The number of nitrogens with zero attached hydrogens (tertiary/aromatic N) is 2. The van der Waals surface area contributed by atoms with E-state index >= 15 is 0 Å². The number of hydrogen-bond donors (Lipinski definition) is 1. The SMILES string of the molecule is CCc1ccc(-n2ccc3cc(CCCCCN(C)CCO)ccc32)cc1. The number of hydrogen-bond acceptors (Lipinski definition) is 2. The molecule has 3 rings (SSSR count). The van der Waals surface area contributed by atoms with E-state index in [9.17, 15) is 0 Å². The van der Waals surface area contributed by atoms with E-state index in [0.717, 1.165) is 25.9 Å². The molecule has 0 bridgehead atoms. The van der Waals surface area contributed by atoms with E-state index in [1.165, 1.54) is 47.0 Å². The minimum Gasteiger partial charge on any atom is -0.395 e. The highest BCUT2D eigenvalue weighted by molar-refractivity contribution is 5.82. The van der Waals surface area contributed by atoms with Crippen LogP contribution in [0.2, 0.25) is 0 Å². The number of aryl methyl sites for hydroxylation is 2. The second kappa shape index (κ2) is 9.72. The van der Waals surface area contributed by atoms with Crippen molar-refractivity contribution in [3.8, 4) is 5.69 Å². The van der Waals surface area contributed by atoms with E-state index in [2.05, 4.69) is 78.2 Å². The zero-order valence-electron chi connectivity index (χ0n) is 16.7. The van der Waals surface area contributed by atoms with Gasteiger partial charge >= 0.3 is 0 Å². The number of aromatic nitrogens is 1. The molecule has 1 heterocycles. The third-order valence-corrected chi connectivity index (χ3v) is 5.36. The van der Waals surface area contributed by atoms with E-state index < -0.39 is 0 Å². The molecule has 0 aliphatic heterocycles. The predicted molar refractivity (Wildman–Crippen MR) is 115 cm³/mol. The van der Waals surface area contributed by atoms with Gasteiger partial charge in [0.05, 0.1) is 12.1 Å². The van der Waals surface area contributed by atoms with Crippen molar-refractivity contribution in [2.75, 3.05) is 26.7 Å². The summed E-state index contributed by atoms with van der Waals surface area (Å²) in [6, 6.07) is 17.9. The van der Waals surface area contributed by atoms with E-state index in [1.807, 2.05) is 0 Å². The molecule has 27 heavy (non-hydrogen) atoms. The van der Waals surface area contributed by atoms with Gasteiger partial charge in [-0.25, -0.2) is 0 Å². The molecule has 0 radical (unpaired) electrons. The molecule has 3 aromatic rings. The molecule has 0 aliphatic rings. The van der Waals surface area contributed by atoms with Crippen LogP contribution in [-0.4, -0.2) is 41.3 Å². The third-order valence-electron chi connectivity index (χ3n) is 5.36. The predicted octanol–water partition coefficient (Wildman–Crippen LogP) is 4.83. The molecule has 1 aromatic heterocycles. The Kier molecular flexibility index (Phi) is 7.08. The summed E-state index contributed by atoms with van der Waals surface area (Å²) in [5.41, 5.74) is 5.29. The summed E-state index contributed by atoms with van der Waals surface area (Å²) in [6.45, 7) is 4.28. The minimum atomic E-state index is 0.249. The van der Waals surface area contributed by atoms with Gasteiger partial charge in [-0.1, -0.05) is 31.5 Å². The summed E-state index contributed by atoms with van der Waals surface area (Å²) < 4.78 is 2.27. The Morgan fingerprint density at radius 3 is 2.41 bits per heavy atom. The Labute approximate surface area is 163 Å². The van der Waals surface area contributed by atoms with Crippen molar-refractivity contribution in [2.45, 2.75) is 39.0 Å². The first-order chi connectivity index (χ1) is 13.2. The van der Waals surface area contributed by atoms with Crippen LogP contribution >= 0.6 is 0 Å². The topological polar surface area (TPSA) is 28.4 Å². The molecule has 0 amide bonds. The highest BCUT2D eigenvalue weighted by atomic mass is 16.3. The zero-order valence-corrected chi connectivity index (χ0v) is 16.7. The van der Waals surface area contributed by atoms with Gasteiger partial charge in [-0.3, -0.25) is 0 Å². The average molecular weight is 365 g/mol. The second-order valence-corrected chi connectivity index (χ2v) is 7.44. The molecular formula is C24H32N2O. The molecule has 0 unspecified atom stereocenters. The maximum absolute atomic E-state index is 8.93. The molecule has 0 atom stereocenters. The number of unbranched alkanes of at least 4 members (excludes halogenated alkanes) is 2. The van der Waals surface area contributed by atoms with Crippen LogP contribution in [0, 0.1) is 0 Å². The lowest BCUT2D eigenvalue weighted by Gasteiger charge is -2.14. The summed E-state index contributed by atoms with van der Waals surface area (Å²) in [5.74, 6) is 0. The largest absolute Gasteiger partial charge is 0.395 e. The molecule has 0 saturated carbocycles. The molecule has 0 spiro atoms. The van der Waals surface area contributed by atoms with Crippen LogP contribution in [0.4, 0.5) is 0 Å². The number of likely N-dealkylation sites (N-methyl/N-ethyl adjacent to an activating group) is 1. The number of rotatable bonds is 10. The fraction of sp³-hybridized carbons (Fsp3) is 0.417. The van der Waals surface area contributed by atoms with Crippen LogP contribution in [0.25, 0.3) is 16.6 Å². The average Bonchev–Trinajstić information content (AvgIpc) is 3.11. The first-order valence-corrected chi connectivity index (χ1v) is 10.2.